The Morgan fingerprint density at radius 3 is 2.49 bits per heavy atom. The highest BCUT2D eigenvalue weighted by atomic mass is 35.5. The number of fused-ring (bicyclic) bond motifs is 1. The van der Waals surface area contributed by atoms with Crippen molar-refractivity contribution in [2.75, 3.05) is 27.7 Å². The number of benzene rings is 3. The van der Waals surface area contributed by atoms with E-state index in [1.54, 1.807) is 39.0 Å². The number of nitrogens with one attached hydrogen (secondary N) is 4. The summed E-state index contributed by atoms with van der Waals surface area (Å²) in [5.74, 6) is -0.242. The number of amides is 2. The standard InChI is InChI=1S/C31H36ClN5O4/c1-19-12-15-26(20(2)17-19)41-16-8-11-27(38)33-21-13-14-22(32)24(18-21)34-30(40)28(29(39)31(3,4)5)37-25-10-7-6-9-23(25)35-36-37/h6-7,9-10,12-15,17-18,28,35-36H,8,11,16H2,1-5H3,(H,33,38)(H,34,40). The van der Waals surface area contributed by atoms with Gasteiger partial charge in [-0.05, 0) is 62.2 Å². The number of hydrogen-bond acceptors (Lipinski definition) is 7. The van der Waals surface area contributed by atoms with Crippen LogP contribution in [0.5, 0.6) is 5.75 Å². The number of ether oxygens (including phenoxy) is 1. The van der Waals surface area contributed by atoms with Gasteiger partial charge in [0.25, 0.3) is 5.91 Å². The molecule has 0 saturated heterocycles. The first-order chi connectivity index (χ1) is 19.4. The highest BCUT2D eigenvalue weighted by molar-refractivity contribution is 6.34. The number of anilines is 4. The van der Waals surface area contributed by atoms with Crippen molar-refractivity contribution in [3.63, 3.8) is 0 Å². The maximum atomic E-state index is 13.6. The molecule has 0 bridgehead atoms. The molecule has 3 aromatic carbocycles. The van der Waals surface area contributed by atoms with E-state index in [0.717, 1.165) is 17.0 Å². The van der Waals surface area contributed by atoms with E-state index in [0.29, 0.717) is 24.4 Å². The van der Waals surface area contributed by atoms with E-state index in [-0.39, 0.29) is 28.8 Å². The molecule has 9 nitrogen and oxygen atoms in total. The lowest BCUT2D eigenvalue weighted by Gasteiger charge is -2.31. The van der Waals surface area contributed by atoms with Crippen LogP contribution in [0.3, 0.4) is 0 Å². The van der Waals surface area contributed by atoms with Gasteiger partial charge in [0.2, 0.25) is 5.91 Å². The molecule has 10 heteroatoms. The molecule has 216 valence electrons. The van der Waals surface area contributed by atoms with E-state index in [2.05, 4.69) is 27.7 Å². The van der Waals surface area contributed by atoms with E-state index in [4.69, 9.17) is 16.3 Å². The van der Waals surface area contributed by atoms with Gasteiger partial charge < -0.3 is 20.8 Å². The minimum Gasteiger partial charge on any atom is -0.493 e. The maximum absolute atomic E-state index is 13.6. The molecular weight excluding hydrogens is 542 g/mol. The number of hydrazine groups is 2. The molecule has 0 radical (unpaired) electrons. The predicted octanol–water partition coefficient (Wildman–Crippen LogP) is 6.03. The van der Waals surface area contributed by atoms with Crippen LogP contribution in [0.25, 0.3) is 0 Å². The number of aryl methyl sites for hydroxylation is 2. The number of nitrogens with zero attached hydrogens (tertiary/aromatic N) is 1. The van der Waals surface area contributed by atoms with Crippen LogP contribution < -0.4 is 31.3 Å². The zero-order valence-electron chi connectivity index (χ0n) is 23.9. The summed E-state index contributed by atoms with van der Waals surface area (Å²) in [4.78, 5) is 39.7. The number of Topliss-reactive ketones (excluding diaryl/α,β-unsaturated/α-hetero) is 1. The third-order valence-corrected chi connectivity index (χ3v) is 6.94. The number of halogens is 1. The summed E-state index contributed by atoms with van der Waals surface area (Å²) in [5.41, 5.74) is 9.50. The smallest absolute Gasteiger partial charge is 0.256 e. The predicted molar refractivity (Wildman–Crippen MR) is 163 cm³/mol. The molecule has 0 fully saturated rings. The van der Waals surface area contributed by atoms with Crippen LogP contribution in [0.15, 0.2) is 60.7 Å². The Bertz CT molecular complexity index is 1450. The van der Waals surface area contributed by atoms with Gasteiger partial charge in [-0.2, -0.15) is 0 Å². The zero-order valence-corrected chi connectivity index (χ0v) is 24.7. The van der Waals surface area contributed by atoms with Crippen molar-refractivity contribution >= 4 is 51.9 Å². The monoisotopic (exact) mass is 577 g/mol. The molecule has 1 unspecified atom stereocenters. The quantitative estimate of drug-likeness (QED) is 0.172. The van der Waals surface area contributed by atoms with Crippen molar-refractivity contribution in [2.24, 2.45) is 5.41 Å². The van der Waals surface area contributed by atoms with Gasteiger partial charge in [0.05, 0.1) is 28.7 Å². The number of hydrogen-bond donors (Lipinski definition) is 4. The molecule has 41 heavy (non-hydrogen) atoms. The molecular formula is C31H36ClN5O4. The Morgan fingerprint density at radius 1 is 1.00 bits per heavy atom. The van der Waals surface area contributed by atoms with Crippen LogP contribution in [-0.2, 0) is 14.4 Å². The second-order valence-corrected chi connectivity index (χ2v) is 11.5. The lowest BCUT2D eigenvalue weighted by atomic mass is 9.85. The van der Waals surface area contributed by atoms with Crippen molar-refractivity contribution in [2.45, 2.75) is 53.5 Å². The van der Waals surface area contributed by atoms with Crippen LogP contribution in [-0.4, -0.2) is 30.2 Å². The van der Waals surface area contributed by atoms with Gasteiger partial charge in [0.1, 0.15) is 5.75 Å². The Balaban J connectivity index is 1.41. The SMILES string of the molecule is Cc1ccc(OCCCC(=O)Nc2ccc(Cl)c(NC(=O)C(C(=O)C(C)(C)C)N3NNc4ccccc43)c2)c(C)c1. The number of ketones is 1. The average Bonchev–Trinajstić information content (AvgIpc) is 3.33. The van der Waals surface area contributed by atoms with E-state index in [1.165, 1.54) is 10.6 Å². The second kappa shape index (κ2) is 12.6. The topological polar surface area (TPSA) is 112 Å². The molecule has 0 aliphatic carbocycles. The summed E-state index contributed by atoms with van der Waals surface area (Å²) >= 11 is 6.40. The van der Waals surface area contributed by atoms with E-state index >= 15 is 0 Å². The Hall–Kier alpha value is -4.08. The highest BCUT2D eigenvalue weighted by Gasteiger charge is 2.41. The first-order valence-electron chi connectivity index (χ1n) is 13.5. The molecule has 4 rings (SSSR count). The third kappa shape index (κ3) is 7.36. The van der Waals surface area contributed by atoms with Crippen molar-refractivity contribution < 1.29 is 19.1 Å². The van der Waals surface area contributed by atoms with Crippen molar-refractivity contribution in [1.82, 2.24) is 5.53 Å². The summed E-state index contributed by atoms with van der Waals surface area (Å²) in [6, 6.07) is 16.9. The van der Waals surface area contributed by atoms with E-state index < -0.39 is 17.4 Å². The molecule has 1 aliphatic heterocycles. The molecule has 1 heterocycles. The summed E-state index contributed by atoms with van der Waals surface area (Å²) < 4.78 is 5.81. The minimum atomic E-state index is -1.20. The van der Waals surface area contributed by atoms with E-state index in [9.17, 15) is 14.4 Å². The highest BCUT2D eigenvalue weighted by Crippen LogP contribution is 2.33. The summed E-state index contributed by atoms with van der Waals surface area (Å²) in [5, 5.41) is 7.42. The summed E-state index contributed by atoms with van der Waals surface area (Å²) in [6.07, 6.45) is 0.787. The summed E-state index contributed by atoms with van der Waals surface area (Å²) in [6.45, 7) is 9.72. The number of carbonyl (C=O) groups is 3. The van der Waals surface area contributed by atoms with Gasteiger partial charge in [0, 0.05) is 17.5 Å². The van der Waals surface area contributed by atoms with Gasteiger partial charge in [-0.15, -0.1) is 5.53 Å². The Morgan fingerprint density at radius 2 is 1.76 bits per heavy atom. The Kier molecular flexibility index (Phi) is 9.20. The fourth-order valence-electron chi connectivity index (χ4n) is 4.44. The van der Waals surface area contributed by atoms with Crippen LogP contribution >= 0.6 is 11.6 Å². The summed E-state index contributed by atoms with van der Waals surface area (Å²) in [7, 11) is 0. The van der Waals surface area contributed by atoms with Crippen LogP contribution in [0.1, 0.15) is 44.7 Å². The molecule has 0 aromatic heterocycles. The van der Waals surface area contributed by atoms with Crippen LogP contribution in [0.4, 0.5) is 22.7 Å². The molecule has 1 atom stereocenters. The first kappa shape index (κ1) is 29.9. The average molecular weight is 578 g/mol. The fraction of sp³-hybridized carbons (Fsp3) is 0.323. The molecule has 3 aromatic rings. The third-order valence-electron chi connectivity index (χ3n) is 6.61. The maximum Gasteiger partial charge on any atom is 0.256 e. The normalized spacial score (nSPS) is 13.2. The van der Waals surface area contributed by atoms with Crippen molar-refractivity contribution in [1.29, 1.82) is 0 Å². The van der Waals surface area contributed by atoms with Crippen molar-refractivity contribution in [3.05, 3.63) is 76.8 Å². The number of carbonyl (C=O) groups excluding carboxylic acids is 3. The molecule has 1 aliphatic rings. The molecule has 2 amide bonds. The Labute approximate surface area is 245 Å². The van der Waals surface area contributed by atoms with Gasteiger partial charge in [-0.1, -0.05) is 62.2 Å². The second-order valence-electron chi connectivity index (χ2n) is 11.1. The number of para-hydroxylation sites is 2. The minimum absolute atomic E-state index is 0.196. The van der Waals surface area contributed by atoms with Gasteiger partial charge in [-0.3, -0.25) is 19.4 Å². The lowest BCUT2D eigenvalue weighted by Crippen LogP contribution is -2.57. The van der Waals surface area contributed by atoms with Gasteiger partial charge in [-0.25, -0.2) is 0 Å². The van der Waals surface area contributed by atoms with Gasteiger partial charge >= 0.3 is 0 Å². The number of rotatable bonds is 10. The van der Waals surface area contributed by atoms with Gasteiger partial charge in [0.15, 0.2) is 11.8 Å². The van der Waals surface area contributed by atoms with E-state index in [1.807, 2.05) is 50.2 Å². The molecule has 4 N–H and O–H groups in total. The van der Waals surface area contributed by atoms with Crippen LogP contribution in [0.2, 0.25) is 5.02 Å². The lowest BCUT2D eigenvalue weighted by molar-refractivity contribution is -0.133. The molecule has 0 saturated carbocycles. The molecule has 0 spiro atoms. The fourth-order valence-corrected chi connectivity index (χ4v) is 4.60. The van der Waals surface area contributed by atoms with Crippen molar-refractivity contribution in [3.8, 4) is 5.75 Å². The zero-order chi connectivity index (χ0) is 29.7. The van der Waals surface area contributed by atoms with Crippen LogP contribution in [0, 0.1) is 19.3 Å². The first-order valence-corrected chi connectivity index (χ1v) is 13.9. The largest absolute Gasteiger partial charge is 0.493 e.